The van der Waals surface area contributed by atoms with E-state index in [1.165, 1.54) is 4.88 Å². The Morgan fingerprint density at radius 3 is 2.64 bits per heavy atom. The number of ether oxygens (including phenoxy) is 1. The van der Waals surface area contributed by atoms with E-state index >= 15 is 0 Å². The van der Waals surface area contributed by atoms with Gasteiger partial charge in [-0.2, -0.15) is 0 Å². The van der Waals surface area contributed by atoms with Crippen molar-refractivity contribution in [1.29, 1.82) is 0 Å². The standard InChI is InChI=1S/C22H28N2O3S/c1-2-21(25)24(18-7-4-3-5-8-18)19-15-20(28-16-19)9-6-14-27-22(26)17-10-12-23-13-11-17/h3-5,7-8,15-17,23H,2,6,9-14H2,1H3. The largest absolute Gasteiger partial charge is 0.465 e. The zero-order valence-corrected chi connectivity index (χ0v) is 17.2. The van der Waals surface area contributed by atoms with E-state index in [1.807, 2.05) is 42.6 Å². The number of esters is 1. The molecule has 0 bridgehead atoms. The Bertz CT molecular complexity index is 769. The third-order valence-corrected chi connectivity index (χ3v) is 5.93. The van der Waals surface area contributed by atoms with Crippen LogP contribution in [0, 0.1) is 5.92 Å². The first-order valence-corrected chi connectivity index (χ1v) is 10.9. The molecule has 1 aromatic heterocycles. The van der Waals surface area contributed by atoms with Gasteiger partial charge in [-0.1, -0.05) is 25.1 Å². The second-order valence-corrected chi connectivity index (χ2v) is 7.98. The van der Waals surface area contributed by atoms with Gasteiger partial charge in [-0.15, -0.1) is 11.3 Å². The van der Waals surface area contributed by atoms with Gasteiger partial charge in [-0.05, 0) is 57.0 Å². The number of para-hydroxylation sites is 1. The van der Waals surface area contributed by atoms with Crippen LogP contribution in [0.4, 0.5) is 11.4 Å². The molecule has 0 unspecified atom stereocenters. The van der Waals surface area contributed by atoms with E-state index in [4.69, 9.17) is 4.74 Å². The average Bonchev–Trinajstić information content (AvgIpc) is 3.20. The number of rotatable bonds is 8. The van der Waals surface area contributed by atoms with Crippen molar-refractivity contribution in [2.24, 2.45) is 5.92 Å². The van der Waals surface area contributed by atoms with Crippen molar-refractivity contribution in [3.63, 3.8) is 0 Å². The lowest BCUT2D eigenvalue weighted by atomic mass is 9.99. The SMILES string of the molecule is CCC(=O)N(c1ccccc1)c1csc(CCCOC(=O)C2CCNCC2)c1. The molecule has 1 aliphatic heterocycles. The van der Waals surface area contributed by atoms with E-state index in [1.54, 1.807) is 16.2 Å². The number of hydrogen-bond donors (Lipinski definition) is 1. The second-order valence-electron chi connectivity index (χ2n) is 6.98. The highest BCUT2D eigenvalue weighted by Gasteiger charge is 2.22. The average molecular weight is 401 g/mol. The van der Waals surface area contributed by atoms with E-state index < -0.39 is 0 Å². The van der Waals surface area contributed by atoms with Gasteiger partial charge in [-0.3, -0.25) is 14.5 Å². The van der Waals surface area contributed by atoms with Gasteiger partial charge in [0.25, 0.3) is 0 Å². The smallest absolute Gasteiger partial charge is 0.309 e. The van der Waals surface area contributed by atoms with Crippen LogP contribution < -0.4 is 10.2 Å². The van der Waals surface area contributed by atoms with Gasteiger partial charge in [0, 0.05) is 22.4 Å². The van der Waals surface area contributed by atoms with E-state index in [0.717, 1.165) is 50.1 Å². The third-order valence-electron chi connectivity index (χ3n) is 4.95. The zero-order valence-electron chi connectivity index (χ0n) is 16.4. The zero-order chi connectivity index (χ0) is 19.8. The highest BCUT2D eigenvalue weighted by molar-refractivity contribution is 7.10. The summed E-state index contributed by atoms with van der Waals surface area (Å²) in [4.78, 5) is 27.5. The Labute approximate surface area is 170 Å². The molecule has 1 fully saturated rings. The van der Waals surface area contributed by atoms with Gasteiger partial charge >= 0.3 is 5.97 Å². The van der Waals surface area contributed by atoms with Crippen molar-refractivity contribution in [3.8, 4) is 0 Å². The summed E-state index contributed by atoms with van der Waals surface area (Å²) in [7, 11) is 0. The molecule has 1 amide bonds. The van der Waals surface area contributed by atoms with Crippen LogP contribution in [0.15, 0.2) is 41.8 Å². The Kier molecular flexibility index (Phi) is 7.62. The molecule has 1 aliphatic rings. The highest BCUT2D eigenvalue weighted by atomic mass is 32.1. The molecule has 0 radical (unpaired) electrons. The Hall–Kier alpha value is -2.18. The topological polar surface area (TPSA) is 58.6 Å². The normalized spacial score (nSPS) is 14.6. The van der Waals surface area contributed by atoms with E-state index in [2.05, 4.69) is 11.4 Å². The molecule has 2 heterocycles. The van der Waals surface area contributed by atoms with E-state index in [0.29, 0.717) is 13.0 Å². The number of nitrogens with one attached hydrogen (secondary N) is 1. The molecule has 150 valence electrons. The number of amides is 1. The van der Waals surface area contributed by atoms with Crippen LogP contribution in [-0.2, 0) is 20.7 Å². The number of anilines is 2. The molecule has 2 aromatic rings. The molecule has 1 N–H and O–H groups in total. The van der Waals surface area contributed by atoms with Crippen molar-refractivity contribution in [1.82, 2.24) is 5.32 Å². The number of piperidine rings is 1. The van der Waals surface area contributed by atoms with Crippen molar-refractivity contribution >= 4 is 34.6 Å². The van der Waals surface area contributed by atoms with Gasteiger partial charge in [-0.25, -0.2) is 0 Å². The minimum atomic E-state index is -0.0582. The van der Waals surface area contributed by atoms with Crippen molar-refractivity contribution in [2.45, 2.75) is 39.0 Å². The van der Waals surface area contributed by atoms with Crippen LogP contribution in [0.25, 0.3) is 0 Å². The predicted octanol–water partition coefficient (Wildman–Crippen LogP) is 4.30. The van der Waals surface area contributed by atoms with Gasteiger partial charge in [0.2, 0.25) is 5.91 Å². The summed E-state index contributed by atoms with van der Waals surface area (Å²) < 4.78 is 5.46. The number of thiophene rings is 1. The maximum atomic E-state index is 12.5. The molecule has 0 atom stereocenters. The number of benzene rings is 1. The molecule has 6 heteroatoms. The first-order chi connectivity index (χ1) is 13.7. The molecule has 1 saturated heterocycles. The Balaban J connectivity index is 1.52. The molecule has 3 rings (SSSR count). The Morgan fingerprint density at radius 2 is 1.93 bits per heavy atom. The lowest BCUT2D eigenvalue weighted by Gasteiger charge is -2.21. The number of nitrogens with zero attached hydrogens (tertiary/aromatic N) is 1. The molecule has 0 saturated carbocycles. The van der Waals surface area contributed by atoms with Crippen molar-refractivity contribution in [3.05, 3.63) is 46.7 Å². The van der Waals surface area contributed by atoms with E-state index in [-0.39, 0.29) is 17.8 Å². The first-order valence-electron chi connectivity index (χ1n) is 10.0. The summed E-state index contributed by atoms with van der Waals surface area (Å²) in [5, 5.41) is 5.28. The van der Waals surface area contributed by atoms with Crippen LogP contribution in [-0.4, -0.2) is 31.6 Å². The molecular weight excluding hydrogens is 372 g/mol. The van der Waals surface area contributed by atoms with Crippen LogP contribution in [0.2, 0.25) is 0 Å². The quantitative estimate of drug-likeness (QED) is 0.530. The fourth-order valence-corrected chi connectivity index (χ4v) is 4.28. The second kappa shape index (κ2) is 10.4. The minimum absolute atomic E-state index is 0.0501. The summed E-state index contributed by atoms with van der Waals surface area (Å²) in [5.41, 5.74) is 1.79. The fourth-order valence-electron chi connectivity index (χ4n) is 3.38. The summed E-state index contributed by atoms with van der Waals surface area (Å²) in [6, 6.07) is 11.8. The lowest BCUT2D eigenvalue weighted by molar-refractivity contribution is -0.149. The van der Waals surface area contributed by atoms with Crippen LogP contribution >= 0.6 is 11.3 Å². The molecule has 0 aliphatic carbocycles. The summed E-state index contributed by atoms with van der Waals surface area (Å²) >= 11 is 1.64. The monoisotopic (exact) mass is 400 g/mol. The van der Waals surface area contributed by atoms with Crippen LogP contribution in [0.1, 0.15) is 37.5 Å². The summed E-state index contributed by atoms with van der Waals surface area (Å²) in [6.45, 7) is 4.12. The minimum Gasteiger partial charge on any atom is -0.465 e. The Morgan fingerprint density at radius 1 is 1.18 bits per heavy atom. The molecule has 5 nitrogen and oxygen atoms in total. The van der Waals surface area contributed by atoms with Gasteiger partial charge < -0.3 is 10.1 Å². The highest BCUT2D eigenvalue weighted by Crippen LogP contribution is 2.31. The number of hydrogen-bond acceptors (Lipinski definition) is 5. The molecular formula is C22H28N2O3S. The number of aryl methyl sites for hydroxylation is 1. The van der Waals surface area contributed by atoms with Crippen LogP contribution in [0.3, 0.4) is 0 Å². The summed E-state index contributed by atoms with van der Waals surface area (Å²) in [5.74, 6) is 0.0673. The predicted molar refractivity (Wildman–Crippen MR) is 113 cm³/mol. The number of carbonyl (C=O) groups is 2. The van der Waals surface area contributed by atoms with Crippen molar-refractivity contribution < 1.29 is 14.3 Å². The first kappa shape index (κ1) is 20.6. The van der Waals surface area contributed by atoms with Gasteiger partial charge in [0.1, 0.15) is 0 Å². The van der Waals surface area contributed by atoms with E-state index in [9.17, 15) is 9.59 Å². The van der Waals surface area contributed by atoms with Gasteiger partial charge in [0.15, 0.2) is 0 Å². The van der Waals surface area contributed by atoms with Crippen molar-refractivity contribution in [2.75, 3.05) is 24.6 Å². The lowest BCUT2D eigenvalue weighted by Crippen LogP contribution is -2.32. The van der Waals surface area contributed by atoms with Gasteiger partial charge in [0.05, 0.1) is 18.2 Å². The molecule has 1 aromatic carbocycles. The maximum Gasteiger partial charge on any atom is 0.309 e. The molecule has 0 spiro atoms. The number of carbonyl (C=O) groups excluding carboxylic acids is 2. The third kappa shape index (κ3) is 5.42. The molecule has 28 heavy (non-hydrogen) atoms. The van der Waals surface area contributed by atoms with Crippen LogP contribution in [0.5, 0.6) is 0 Å². The summed E-state index contributed by atoms with van der Waals surface area (Å²) in [6.07, 6.45) is 3.82. The maximum absolute atomic E-state index is 12.5. The fraction of sp³-hybridized carbons (Fsp3) is 0.455.